The summed E-state index contributed by atoms with van der Waals surface area (Å²) in [5.74, 6) is 1.45. The maximum absolute atomic E-state index is 11.4. The second kappa shape index (κ2) is 5.19. The van der Waals surface area contributed by atoms with Gasteiger partial charge in [-0.05, 0) is 26.3 Å². The van der Waals surface area contributed by atoms with Crippen LogP contribution in [-0.2, 0) is 18.4 Å². The third-order valence-electron chi connectivity index (χ3n) is 3.47. The van der Waals surface area contributed by atoms with Gasteiger partial charge < -0.3 is 4.57 Å². The summed E-state index contributed by atoms with van der Waals surface area (Å²) < 4.78 is 1.89. The average molecular weight is 256 g/mol. The molecular weight excluding hydrogens is 238 g/mol. The number of hydrogen-bond acceptors (Lipinski definition) is 3. The maximum atomic E-state index is 11.4. The number of Topliss-reactive ketones (excluding diaryl/α,β-unsaturated/α-hetero) is 1. The lowest BCUT2D eigenvalue weighted by atomic mass is 9.95. The third kappa shape index (κ3) is 2.87. The maximum Gasteiger partial charge on any atom is 0.134 e. The molecule has 2 rings (SSSR count). The van der Waals surface area contributed by atoms with Crippen LogP contribution in [0.1, 0.15) is 25.6 Å². The lowest BCUT2D eigenvalue weighted by molar-refractivity contribution is -0.122. The molecule has 17 heavy (non-hydrogen) atoms. The Kier molecular flexibility index (Phi) is 3.84. The van der Waals surface area contributed by atoms with Crippen LogP contribution in [0.4, 0.5) is 0 Å². The molecule has 0 saturated carbocycles. The quantitative estimate of drug-likeness (QED) is 0.828. The first-order chi connectivity index (χ1) is 8.08. The minimum absolute atomic E-state index is 0.194. The summed E-state index contributed by atoms with van der Waals surface area (Å²) in [7, 11) is 1.91. The van der Waals surface area contributed by atoms with E-state index in [2.05, 4.69) is 9.88 Å². The molecule has 1 aromatic rings. The van der Waals surface area contributed by atoms with Crippen LogP contribution in [0.5, 0.6) is 0 Å². The number of halogens is 1. The molecule has 0 aromatic carbocycles. The fourth-order valence-electron chi connectivity index (χ4n) is 2.30. The summed E-state index contributed by atoms with van der Waals surface area (Å²) in [4.78, 5) is 18.0. The van der Waals surface area contributed by atoms with Crippen LogP contribution in [0.25, 0.3) is 0 Å². The number of carbonyl (C=O) groups is 1. The van der Waals surface area contributed by atoms with Crippen molar-refractivity contribution in [3.63, 3.8) is 0 Å². The Labute approximate surface area is 107 Å². The monoisotopic (exact) mass is 255 g/mol. The minimum atomic E-state index is 0.194. The summed E-state index contributed by atoms with van der Waals surface area (Å²) in [5.41, 5.74) is 0. The van der Waals surface area contributed by atoms with Crippen LogP contribution in [0.2, 0.25) is 5.15 Å². The number of carbonyl (C=O) groups excluding carboxylic acids is 1. The van der Waals surface area contributed by atoms with Crippen LogP contribution in [-0.4, -0.2) is 33.3 Å². The Bertz CT molecular complexity index is 416. The van der Waals surface area contributed by atoms with Crippen molar-refractivity contribution in [2.75, 3.05) is 13.1 Å². The lowest BCUT2D eigenvalue weighted by Crippen LogP contribution is -2.38. The largest absolute Gasteiger partial charge is 0.321 e. The van der Waals surface area contributed by atoms with E-state index in [4.69, 9.17) is 11.6 Å². The van der Waals surface area contributed by atoms with Crippen molar-refractivity contribution < 1.29 is 4.79 Å². The van der Waals surface area contributed by atoms with E-state index in [1.807, 2.05) is 11.6 Å². The van der Waals surface area contributed by atoms with Gasteiger partial charge in [-0.15, -0.1) is 0 Å². The minimum Gasteiger partial charge on any atom is -0.321 e. The molecule has 2 heterocycles. The smallest absolute Gasteiger partial charge is 0.134 e. The van der Waals surface area contributed by atoms with Crippen LogP contribution in [0.15, 0.2) is 6.20 Å². The molecule has 1 aliphatic rings. The standard InChI is InChI=1S/C12H18ClN3O/c1-9(17)10-4-3-5-16(7-10)8-12-14-6-11(13)15(12)2/h6,10H,3-5,7-8H2,1-2H3. The van der Waals surface area contributed by atoms with E-state index in [-0.39, 0.29) is 5.92 Å². The van der Waals surface area contributed by atoms with Crippen molar-refractivity contribution in [2.45, 2.75) is 26.3 Å². The molecule has 0 N–H and O–H groups in total. The van der Waals surface area contributed by atoms with Gasteiger partial charge in [-0.1, -0.05) is 11.6 Å². The van der Waals surface area contributed by atoms with Gasteiger partial charge in [0.25, 0.3) is 0 Å². The number of ketones is 1. The average Bonchev–Trinajstić information content (AvgIpc) is 2.61. The van der Waals surface area contributed by atoms with Gasteiger partial charge in [-0.25, -0.2) is 4.98 Å². The Hall–Kier alpha value is -0.870. The molecule has 1 unspecified atom stereocenters. The van der Waals surface area contributed by atoms with E-state index in [0.717, 1.165) is 38.3 Å². The normalized spacial score (nSPS) is 21.7. The van der Waals surface area contributed by atoms with Crippen molar-refractivity contribution in [1.29, 1.82) is 0 Å². The van der Waals surface area contributed by atoms with Gasteiger partial charge in [0, 0.05) is 19.5 Å². The van der Waals surface area contributed by atoms with Crippen molar-refractivity contribution in [2.24, 2.45) is 13.0 Å². The summed E-state index contributed by atoms with van der Waals surface area (Å²) in [6, 6.07) is 0. The highest BCUT2D eigenvalue weighted by molar-refractivity contribution is 6.29. The molecule has 4 nitrogen and oxygen atoms in total. The highest BCUT2D eigenvalue weighted by Crippen LogP contribution is 2.19. The van der Waals surface area contributed by atoms with Crippen LogP contribution >= 0.6 is 11.6 Å². The first-order valence-corrected chi connectivity index (χ1v) is 6.34. The Morgan fingerprint density at radius 1 is 1.65 bits per heavy atom. The predicted octanol–water partition coefficient (Wildman–Crippen LogP) is 1.87. The van der Waals surface area contributed by atoms with E-state index in [0.29, 0.717) is 10.9 Å². The zero-order chi connectivity index (χ0) is 12.4. The second-order valence-corrected chi connectivity index (χ2v) is 5.13. The number of imidazole rings is 1. The number of nitrogens with zero attached hydrogens (tertiary/aromatic N) is 3. The lowest BCUT2D eigenvalue weighted by Gasteiger charge is -2.31. The fourth-order valence-corrected chi connectivity index (χ4v) is 2.45. The highest BCUT2D eigenvalue weighted by atomic mass is 35.5. The molecule has 1 aliphatic heterocycles. The van der Waals surface area contributed by atoms with Gasteiger partial charge in [0.15, 0.2) is 0 Å². The summed E-state index contributed by atoms with van der Waals surface area (Å²) in [6.07, 6.45) is 3.78. The van der Waals surface area contributed by atoms with E-state index < -0.39 is 0 Å². The molecule has 0 aliphatic carbocycles. The zero-order valence-electron chi connectivity index (χ0n) is 10.3. The van der Waals surface area contributed by atoms with Gasteiger partial charge in [0.05, 0.1) is 12.7 Å². The van der Waals surface area contributed by atoms with E-state index >= 15 is 0 Å². The summed E-state index contributed by atoms with van der Waals surface area (Å²) in [5, 5.41) is 0.653. The Morgan fingerprint density at radius 2 is 2.41 bits per heavy atom. The van der Waals surface area contributed by atoms with Crippen LogP contribution in [0.3, 0.4) is 0 Å². The van der Waals surface area contributed by atoms with E-state index in [1.54, 1.807) is 13.1 Å². The molecule has 1 fully saturated rings. The van der Waals surface area contributed by atoms with E-state index in [9.17, 15) is 4.79 Å². The number of rotatable bonds is 3. The van der Waals surface area contributed by atoms with Gasteiger partial charge in [0.2, 0.25) is 0 Å². The molecule has 0 spiro atoms. The van der Waals surface area contributed by atoms with Crippen molar-refractivity contribution in [3.8, 4) is 0 Å². The third-order valence-corrected chi connectivity index (χ3v) is 3.82. The number of hydrogen-bond donors (Lipinski definition) is 0. The SMILES string of the molecule is CC(=O)C1CCCN(Cc2ncc(Cl)n2C)C1. The van der Waals surface area contributed by atoms with Crippen LogP contribution < -0.4 is 0 Å². The Morgan fingerprint density at radius 3 is 3.00 bits per heavy atom. The van der Waals surface area contributed by atoms with Crippen LogP contribution in [0, 0.1) is 5.92 Å². The van der Waals surface area contributed by atoms with Crippen molar-refractivity contribution >= 4 is 17.4 Å². The molecule has 0 bridgehead atoms. The van der Waals surface area contributed by atoms with Gasteiger partial charge in [-0.2, -0.15) is 0 Å². The second-order valence-electron chi connectivity index (χ2n) is 4.74. The molecule has 94 valence electrons. The fraction of sp³-hybridized carbons (Fsp3) is 0.667. The molecule has 5 heteroatoms. The Balaban J connectivity index is 1.99. The summed E-state index contributed by atoms with van der Waals surface area (Å²) >= 11 is 5.95. The van der Waals surface area contributed by atoms with Crippen molar-refractivity contribution in [3.05, 3.63) is 17.2 Å². The topological polar surface area (TPSA) is 38.1 Å². The first-order valence-electron chi connectivity index (χ1n) is 5.97. The molecular formula is C12H18ClN3O. The van der Waals surface area contributed by atoms with Gasteiger partial charge >= 0.3 is 0 Å². The number of likely N-dealkylation sites (tertiary alicyclic amines) is 1. The number of aromatic nitrogens is 2. The van der Waals surface area contributed by atoms with E-state index in [1.165, 1.54) is 0 Å². The predicted molar refractivity (Wildman–Crippen MR) is 66.9 cm³/mol. The first kappa shape index (κ1) is 12.6. The highest BCUT2D eigenvalue weighted by Gasteiger charge is 2.23. The van der Waals surface area contributed by atoms with Gasteiger partial charge in [-0.3, -0.25) is 9.69 Å². The van der Waals surface area contributed by atoms with Gasteiger partial charge in [0.1, 0.15) is 16.8 Å². The molecule has 1 saturated heterocycles. The molecule has 0 amide bonds. The molecule has 0 radical (unpaired) electrons. The molecule has 1 aromatic heterocycles. The molecule has 1 atom stereocenters. The zero-order valence-corrected chi connectivity index (χ0v) is 11.1. The number of piperidine rings is 1. The summed E-state index contributed by atoms with van der Waals surface area (Å²) in [6.45, 7) is 4.34. The van der Waals surface area contributed by atoms with Crippen molar-refractivity contribution in [1.82, 2.24) is 14.5 Å².